The van der Waals surface area contributed by atoms with Crippen LogP contribution < -0.4 is 5.32 Å². The molecule has 1 amide bonds. The monoisotopic (exact) mass is 258 g/mol. The van der Waals surface area contributed by atoms with E-state index in [2.05, 4.69) is 10.3 Å². The molecule has 1 heterocycles. The summed E-state index contributed by atoms with van der Waals surface area (Å²) in [5, 5.41) is 13.0. The van der Waals surface area contributed by atoms with E-state index < -0.39 is 17.9 Å². The molecule has 1 atom stereocenters. The minimum Gasteiger partial charge on any atom is -0.480 e. The van der Waals surface area contributed by atoms with Crippen molar-refractivity contribution in [3.8, 4) is 0 Å². The zero-order valence-electron chi connectivity index (χ0n) is 10.5. The fourth-order valence-electron chi connectivity index (χ4n) is 1.87. The average molecular weight is 258 g/mol. The van der Waals surface area contributed by atoms with Crippen LogP contribution >= 0.6 is 0 Å². The molecule has 0 spiro atoms. The van der Waals surface area contributed by atoms with Crippen LogP contribution in [0, 0.1) is 0 Å². The first-order valence-electron chi connectivity index (χ1n) is 6.01. The first-order valence-corrected chi connectivity index (χ1v) is 6.01. The van der Waals surface area contributed by atoms with E-state index >= 15 is 0 Å². The van der Waals surface area contributed by atoms with Crippen molar-refractivity contribution in [3.05, 3.63) is 42.2 Å². The molecule has 1 aromatic heterocycles. The predicted octanol–water partition coefficient (Wildman–Crippen LogP) is 1.83. The topological polar surface area (TPSA) is 79.3 Å². The summed E-state index contributed by atoms with van der Waals surface area (Å²) in [5.74, 6) is -1.51. The third kappa shape index (κ3) is 2.70. The first-order chi connectivity index (χ1) is 9.13. The van der Waals surface area contributed by atoms with Gasteiger partial charge in [-0.25, -0.2) is 4.79 Å². The summed E-state index contributed by atoms with van der Waals surface area (Å²) < 4.78 is 0. The van der Waals surface area contributed by atoms with Gasteiger partial charge < -0.3 is 10.4 Å². The molecule has 0 unspecified atom stereocenters. The first kappa shape index (κ1) is 13.0. The molecule has 2 N–H and O–H groups in total. The molecule has 1 aromatic carbocycles. The number of carboxylic acids is 1. The van der Waals surface area contributed by atoms with E-state index in [0.29, 0.717) is 11.8 Å². The van der Waals surface area contributed by atoms with Gasteiger partial charge in [-0.2, -0.15) is 0 Å². The molecule has 0 aliphatic rings. The SMILES string of the molecule is CC[C@H](NC(=O)c1nccc2ccccc12)C(=O)O. The molecule has 0 saturated carbocycles. The van der Waals surface area contributed by atoms with Gasteiger partial charge in [-0.1, -0.05) is 31.2 Å². The van der Waals surface area contributed by atoms with Crippen LogP contribution in [0.25, 0.3) is 10.8 Å². The fourth-order valence-corrected chi connectivity index (χ4v) is 1.87. The number of hydrogen-bond donors (Lipinski definition) is 2. The molecule has 0 radical (unpaired) electrons. The lowest BCUT2D eigenvalue weighted by molar-refractivity contribution is -0.139. The molecule has 0 saturated heterocycles. The quantitative estimate of drug-likeness (QED) is 0.876. The normalized spacial score (nSPS) is 12.1. The predicted molar refractivity (Wildman–Crippen MR) is 70.9 cm³/mol. The van der Waals surface area contributed by atoms with Crippen LogP contribution in [0.2, 0.25) is 0 Å². The molecular formula is C14H14N2O3. The van der Waals surface area contributed by atoms with Gasteiger partial charge in [0, 0.05) is 11.6 Å². The minimum absolute atomic E-state index is 0.248. The molecule has 0 aliphatic carbocycles. The maximum atomic E-state index is 12.1. The molecule has 2 aromatic rings. The van der Waals surface area contributed by atoms with Gasteiger partial charge in [0.1, 0.15) is 11.7 Å². The van der Waals surface area contributed by atoms with Crippen LogP contribution in [0.1, 0.15) is 23.8 Å². The third-order valence-corrected chi connectivity index (χ3v) is 2.90. The largest absolute Gasteiger partial charge is 0.480 e. The van der Waals surface area contributed by atoms with E-state index in [1.165, 1.54) is 0 Å². The van der Waals surface area contributed by atoms with Gasteiger partial charge in [0.15, 0.2) is 0 Å². The van der Waals surface area contributed by atoms with Gasteiger partial charge in [0.25, 0.3) is 5.91 Å². The number of benzene rings is 1. The lowest BCUT2D eigenvalue weighted by Gasteiger charge is -2.12. The molecule has 98 valence electrons. The third-order valence-electron chi connectivity index (χ3n) is 2.90. The number of carbonyl (C=O) groups excluding carboxylic acids is 1. The van der Waals surface area contributed by atoms with Crippen molar-refractivity contribution in [1.29, 1.82) is 0 Å². The standard InChI is InChI=1S/C14H14N2O3/c1-2-11(14(18)19)16-13(17)12-10-6-4-3-5-9(10)7-8-15-12/h3-8,11H,2H2,1H3,(H,16,17)(H,18,19)/t11-/m0/s1. The molecule has 0 aliphatic heterocycles. The number of rotatable bonds is 4. The van der Waals surface area contributed by atoms with Crippen molar-refractivity contribution < 1.29 is 14.7 Å². The molecule has 5 nitrogen and oxygen atoms in total. The van der Waals surface area contributed by atoms with Gasteiger partial charge in [-0.15, -0.1) is 0 Å². The Morgan fingerprint density at radius 1 is 1.32 bits per heavy atom. The Morgan fingerprint density at radius 3 is 2.74 bits per heavy atom. The second-order valence-corrected chi connectivity index (χ2v) is 4.15. The Labute approximate surface area is 110 Å². The number of carbonyl (C=O) groups is 2. The summed E-state index contributed by atoms with van der Waals surface area (Å²) >= 11 is 0. The van der Waals surface area contributed by atoms with Crippen molar-refractivity contribution in [3.63, 3.8) is 0 Å². The second-order valence-electron chi connectivity index (χ2n) is 4.15. The van der Waals surface area contributed by atoms with Crippen LogP contribution in [-0.4, -0.2) is 28.0 Å². The molecule has 19 heavy (non-hydrogen) atoms. The van der Waals surface area contributed by atoms with Crippen LogP contribution in [0.5, 0.6) is 0 Å². The number of pyridine rings is 1. The number of aliphatic carboxylic acids is 1. The van der Waals surface area contributed by atoms with Crippen molar-refractivity contribution >= 4 is 22.6 Å². The molecule has 5 heteroatoms. The maximum absolute atomic E-state index is 12.1. The number of hydrogen-bond acceptors (Lipinski definition) is 3. The van der Waals surface area contributed by atoms with Gasteiger partial charge in [0.05, 0.1) is 0 Å². The summed E-state index contributed by atoms with van der Waals surface area (Å²) in [7, 11) is 0. The van der Waals surface area contributed by atoms with Crippen LogP contribution in [0.3, 0.4) is 0 Å². The van der Waals surface area contributed by atoms with Crippen molar-refractivity contribution in [1.82, 2.24) is 10.3 Å². The number of nitrogens with one attached hydrogen (secondary N) is 1. The number of nitrogens with zero attached hydrogens (tertiary/aromatic N) is 1. The zero-order chi connectivity index (χ0) is 13.8. The molecule has 0 fully saturated rings. The zero-order valence-corrected chi connectivity index (χ0v) is 10.5. The Morgan fingerprint density at radius 2 is 2.05 bits per heavy atom. The summed E-state index contributed by atoms with van der Waals surface area (Å²) in [4.78, 5) is 27.1. The fraction of sp³-hybridized carbons (Fsp3) is 0.214. The molecular weight excluding hydrogens is 244 g/mol. The van der Waals surface area contributed by atoms with Gasteiger partial charge >= 0.3 is 5.97 Å². The number of amides is 1. The number of fused-ring (bicyclic) bond motifs is 1. The van der Waals surface area contributed by atoms with E-state index in [9.17, 15) is 9.59 Å². The number of carboxylic acid groups (broad SMARTS) is 1. The van der Waals surface area contributed by atoms with E-state index in [1.54, 1.807) is 25.3 Å². The highest BCUT2D eigenvalue weighted by atomic mass is 16.4. The van der Waals surface area contributed by atoms with E-state index in [-0.39, 0.29) is 5.69 Å². The Bertz CT molecular complexity index is 620. The molecule has 2 rings (SSSR count). The van der Waals surface area contributed by atoms with Gasteiger partial charge in [-0.05, 0) is 17.9 Å². The Hall–Kier alpha value is -2.43. The highest BCUT2D eigenvalue weighted by molar-refractivity contribution is 6.06. The highest BCUT2D eigenvalue weighted by Gasteiger charge is 2.20. The van der Waals surface area contributed by atoms with E-state index in [1.807, 2.05) is 18.2 Å². The van der Waals surface area contributed by atoms with Gasteiger partial charge in [0.2, 0.25) is 0 Å². The summed E-state index contributed by atoms with van der Waals surface area (Å²) in [6.07, 6.45) is 1.87. The van der Waals surface area contributed by atoms with Crippen LogP contribution in [0.4, 0.5) is 0 Å². The van der Waals surface area contributed by atoms with Crippen LogP contribution in [-0.2, 0) is 4.79 Å². The van der Waals surface area contributed by atoms with Gasteiger partial charge in [-0.3, -0.25) is 9.78 Å². The smallest absolute Gasteiger partial charge is 0.326 e. The van der Waals surface area contributed by atoms with Crippen molar-refractivity contribution in [2.45, 2.75) is 19.4 Å². The van der Waals surface area contributed by atoms with Crippen LogP contribution in [0.15, 0.2) is 36.5 Å². The highest BCUT2D eigenvalue weighted by Crippen LogP contribution is 2.16. The maximum Gasteiger partial charge on any atom is 0.326 e. The lowest BCUT2D eigenvalue weighted by Crippen LogP contribution is -2.40. The van der Waals surface area contributed by atoms with Crippen molar-refractivity contribution in [2.75, 3.05) is 0 Å². The van der Waals surface area contributed by atoms with E-state index in [0.717, 1.165) is 5.39 Å². The average Bonchev–Trinajstić information content (AvgIpc) is 2.43. The van der Waals surface area contributed by atoms with Crippen molar-refractivity contribution in [2.24, 2.45) is 0 Å². The molecule has 0 bridgehead atoms. The number of aromatic nitrogens is 1. The Balaban J connectivity index is 2.34. The summed E-state index contributed by atoms with van der Waals surface area (Å²) in [6, 6.07) is 8.26. The summed E-state index contributed by atoms with van der Waals surface area (Å²) in [6.45, 7) is 1.70. The summed E-state index contributed by atoms with van der Waals surface area (Å²) in [5.41, 5.74) is 0.248. The minimum atomic E-state index is -1.05. The second kappa shape index (κ2) is 5.48. The Kier molecular flexibility index (Phi) is 3.75. The van der Waals surface area contributed by atoms with E-state index in [4.69, 9.17) is 5.11 Å². The lowest BCUT2D eigenvalue weighted by atomic mass is 10.1.